The number of amides is 5. The van der Waals surface area contributed by atoms with E-state index >= 15 is 0 Å². The van der Waals surface area contributed by atoms with Crippen LogP contribution in [0, 0.1) is 11.3 Å². The van der Waals surface area contributed by atoms with Crippen LogP contribution in [0.4, 0.5) is 4.79 Å². The average Bonchev–Trinajstić information content (AvgIpc) is 3.50. The SMILES string of the molecule is CNC(=N)NCCC[C@H](NC(=O)[C@H](CC(C)C)NC(=O)NNC(=O)[C@@H](N)Cc1ccccc1)C(=O)N[C@@H](Cc1c[nH]c2ccccc12)C(=O)O. The molecule has 0 radical (unpaired) electrons. The van der Waals surface area contributed by atoms with E-state index in [9.17, 15) is 29.1 Å². The van der Waals surface area contributed by atoms with Crippen LogP contribution in [0.3, 0.4) is 0 Å². The van der Waals surface area contributed by atoms with Crippen LogP contribution in [0.1, 0.15) is 44.2 Å². The minimum Gasteiger partial charge on any atom is -0.480 e. The van der Waals surface area contributed by atoms with Crippen molar-refractivity contribution in [1.82, 2.24) is 42.4 Å². The number of carboxylic acid groups (broad SMARTS) is 1. The van der Waals surface area contributed by atoms with Gasteiger partial charge in [0, 0.05) is 37.1 Å². The molecule has 1 aromatic heterocycles. The lowest BCUT2D eigenvalue weighted by Crippen LogP contribution is -2.59. The molecular weight excluding hydrogens is 644 g/mol. The zero-order valence-corrected chi connectivity index (χ0v) is 28.5. The molecule has 4 atom stereocenters. The number of carboxylic acids is 1. The van der Waals surface area contributed by atoms with Gasteiger partial charge >= 0.3 is 12.0 Å². The molecule has 0 bridgehead atoms. The highest BCUT2D eigenvalue weighted by Crippen LogP contribution is 2.19. The summed E-state index contributed by atoms with van der Waals surface area (Å²) in [7, 11) is 1.58. The molecule has 3 rings (SSSR count). The summed E-state index contributed by atoms with van der Waals surface area (Å²) in [5.41, 5.74) is 12.8. The Hall–Kier alpha value is -5.64. The van der Waals surface area contributed by atoms with Gasteiger partial charge in [0.1, 0.15) is 18.1 Å². The van der Waals surface area contributed by atoms with Crippen molar-refractivity contribution in [3.63, 3.8) is 0 Å². The average molecular weight is 693 g/mol. The lowest BCUT2D eigenvalue weighted by molar-refractivity contribution is -0.142. The molecule has 16 heteroatoms. The number of hydrazine groups is 1. The number of benzene rings is 2. The quantitative estimate of drug-likeness (QED) is 0.0409. The molecule has 0 spiro atoms. The number of aromatic nitrogens is 1. The van der Waals surface area contributed by atoms with Gasteiger partial charge in [0.2, 0.25) is 11.8 Å². The van der Waals surface area contributed by atoms with E-state index in [-0.39, 0.29) is 37.6 Å². The number of guanidine groups is 1. The number of urea groups is 1. The minimum atomic E-state index is -1.30. The molecule has 3 aromatic rings. The topological polar surface area (TPSA) is 255 Å². The van der Waals surface area contributed by atoms with E-state index in [1.807, 2.05) is 68.4 Å². The van der Waals surface area contributed by atoms with Crippen molar-refractivity contribution in [3.8, 4) is 0 Å². The number of nitrogens with one attached hydrogen (secondary N) is 9. The maximum atomic E-state index is 13.6. The molecule has 270 valence electrons. The van der Waals surface area contributed by atoms with Crippen molar-refractivity contribution < 1.29 is 29.1 Å². The second-order valence-corrected chi connectivity index (χ2v) is 12.3. The summed E-state index contributed by atoms with van der Waals surface area (Å²) < 4.78 is 0. The second-order valence-electron chi connectivity index (χ2n) is 12.3. The third-order valence-electron chi connectivity index (χ3n) is 7.83. The fourth-order valence-electron chi connectivity index (χ4n) is 5.21. The summed E-state index contributed by atoms with van der Waals surface area (Å²) in [6.45, 7) is 3.98. The normalized spacial score (nSPS) is 13.3. The molecule has 1 heterocycles. The van der Waals surface area contributed by atoms with Crippen molar-refractivity contribution in [2.75, 3.05) is 13.6 Å². The number of aromatic amines is 1. The van der Waals surface area contributed by atoms with Gasteiger partial charge in [-0.3, -0.25) is 25.2 Å². The number of hydrogen-bond acceptors (Lipinski definition) is 7. The maximum Gasteiger partial charge on any atom is 0.334 e. The predicted octanol–water partition coefficient (Wildman–Crippen LogP) is 0.604. The molecule has 12 N–H and O–H groups in total. The number of rotatable bonds is 17. The van der Waals surface area contributed by atoms with Crippen molar-refractivity contribution >= 4 is 46.6 Å². The molecule has 50 heavy (non-hydrogen) atoms. The maximum absolute atomic E-state index is 13.6. The molecule has 0 saturated heterocycles. The largest absolute Gasteiger partial charge is 0.480 e. The molecule has 0 fully saturated rings. The number of para-hydroxylation sites is 1. The predicted molar refractivity (Wildman–Crippen MR) is 189 cm³/mol. The molecule has 5 amide bonds. The molecule has 0 unspecified atom stereocenters. The van der Waals surface area contributed by atoms with Gasteiger partial charge in [-0.1, -0.05) is 62.4 Å². The fraction of sp³-hybridized carbons (Fsp3) is 0.412. The Bertz CT molecular complexity index is 1610. The highest BCUT2D eigenvalue weighted by Gasteiger charge is 2.30. The highest BCUT2D eigenvalue weighted by molar-refractivity contribution is 5.94. The van der Waals surface area contributed by atoms with Crippen LogP contribution in [-0.4, -0.2) is 83.5 Å². The van der Waals surface area contributed by atoms with Gasteiger partial charge in [-0.15, -0.1) is 0 Å². The zero-order chi connectivity index (χ0) is 36.6. The summed E-state index contributed by atoms with van der Waals surface area (Å²) in [5, 5.41) is 31.8. The third-order valence-corrected chi connectivity index (χ3v) is 7.83. The van der Waals surface area contributed by atoms with E-state index in [1.165, 1.54) is 0 Å². The van der Waals surface area contributed by atoms with Gasteiger partial charge in [0.15, 0.2) is 5.96 Å². The zero-order valence-electron chi connectivity index (χ0n) is 28.5. The van der Waals surface area contributed by atoms with Gasteiger partial charge in [0.05, 0.1) is 6.04 Å². The number of H-pyrrole nitrogens is 1. The van der Waals surface area contributed by atoms with Gasteiger partial charge in [-0.05, 0) is 48.8 Å². The Morgan fingerprint density at radius 2 is 1.50 bits per heavy atom. The minimum absolute atomic E-state index is 0.00886. The number of hydrogen-bond donors (Lipinski definition) is 11. The first-order valence-corrected chi connectivity index (χ1v) is 16.4. The molecular formula is C34H48N10O6. The molecule has 0 aliphatic heterocycles. The Morgan fingerprint density at radius 3 is 2.18 bits per heavy atom. The van der Waals surface area contributed by atoms with E-state index in [0.717, 1.165) is 16.5 Å². The van der Waals surface area contributed by atoms with E-state index in [4.69, 9.17) is 11.1 Å². The van der Waals surface area contributed by atoms with Crippen LogP contribution in [0.5, 0.6) is 0 Å². The number of aliphatic carboxylic acids is 1. The lowest BCUT2D eigenvalue weighted by atomic mass is 10.0. The van der Waals surface area contributed by atoms with Crippen LogP contribution in [-0.2, 0) is 32.0 Å². The van der Waals surface area contributed by atoms with Crippen molar-refractivity contribution in [1.29, 1.82) is 5.41 Å². The Balaban J connectivity index is 1.68. The third kappa shape index (κ3) is 12.4. The number of nitrogens with two attached hydrogens (primary N) is 1. The monoisotopic (exact) mass is 692 g/mol. The summed E-state index contributed by atoms with van der Waals surface area (Å²) in [6, 6.07) is 11.1. The number of fused-ring (bicyclic) bond motifs is 1. The molecule has 2 aromatic carbocycles. The van der Waals surface area contributed by atoms with Crippen molar-refractivity contribution in [2.24, 2.45) is 11.7 Å². The van der Waals surface area contributed by atoms with Crippen molar-refractivity contribution in [2.45, 2.75) is 70.1 Å². The second kappa shape index (κ2) is 19.4. The summed E-state index contributed by atoms with van der Waals surface area (Å²) in [5.74, 6) is -3.27. The Morgan fingerprint density at radius 1 is 0.840 bits per heavy atom. The highest BCUT2D eigenvalue weighted by atomic mass is 16.4. The summed E-state index contributed by atoms with van der Waals surface area (Å²) in [6.07, 6.45) is 2.55. The Kier molecular flexibility index (Phi) is 15.0. The van der Waals surface area contributed by atoms with Gasteiger partial charge in [-0.2, -0.15) is 0 Å². The van der Waals surface area contributed by atoms with E-state index in [0.29, 0.717) is 18.5 Å². The molecule has 0 aliphatic carbocycles. The van der Waals surface area contributed by atoms with E-state index in [1.54, 1.807) is 13.2 Å². The summed E-state index contributed by atoms with van der Waals surface area (Å²) >= 11 is 0. The van der Waals surface area contributed by atoms with Gasteiger partial charge < -0.3 is 42.4 Å². The first-order chi connectivity index (χ1) is 23.9. The fourth-order valence-corrected chi connectivity index (χ4v) is 5.21. The van der Waals surface area contributed by atoms with Gasteiger partial charge in [0.25, 0.3) is 5.91 Å². The summed E-state index contributed by atoms with van der Waals surface area (Å²) in [4.78, 5) is 67.8. The lowest BCUT2D eigenvalue weighted by Gasteiger charge is -2.25. The van der Waals surface area contributed by atoms with Crippen LogP contribution >= 0.6 is 0 Å². The van der Waals surface area contributed by atoms with Crippen LogP contribution in [0.25, 0.3) is 10.9 Å². The smallest absolute Gasteiger partial charge is 0.334 e. The number of carbonyl (C=O) groups is 5. The molecule has 0 aliphatic rings. The standard InChI is InChI=1S/C34H48N10O6/c1-20(2)16-27(42-34(50)44-43-29(45)24(35)17-21-10-5-4-6-11-21)31(47)40-26(14-9-15-38-33(36)37-3)30(46)41-28(32(48)49)18-22-19-39-25-13-8-7-12-23(22)25/h4-8,10-13,19-20,24,26-28,39H,9,14-18,35H2,1-3H3,(H,40,47)(H,41,46)(H,43,45)(H,48,49)(H3,36,37,38)(H2,42,44,50)/t24-,26-,27-,28-/m0/s1. The first-order valence-electron chi connectivity index (χ1n) is 16.4. The first kappa shape index (κ1) is 38.8. The van der Waals surface area contributed by atoms with E-state index < -0.39 is 53.9 Å². The van der Waals surface area contributed by atoms with Crippen LogP contribution < -0.4 is 43.2 Å². The number of carbonyl (C=O) groups excluding carboxylic acids is 4. The molecule has 0 saturated carbocycles. The van der Waals surface area contributed by atoms with Crippen LogP contribution in [0.2, 0.25) is 0 Å². The molecule has 16 nitrogen and oxygen atoms in total. The van der Waals surface area contributed by atoms with Gasteiger partial charge in [-0.25, -0.2) is 15.0 Å². The van der Waals surface area contributed by atoms with E-state index in [2.05, 4.69) is 42.4 Å². The van der Waals surface area contributed by atoms with Crippen LogP contribution in [0.15, 0.2) is 60.8 Å². The van der Waals surface area contributed by atoms with Crippen molar-refractivity contribution in [3.05, 3.63) is 71.9 Å². The Labute approximate surface area is 290 Å².